The number of carbonyl (C=O) groups excluding carboxylic acids is 1. The number of rotatable bonds is 2. The molecular weight excluding hydrogens is 164 g/mol. The zero-order valence-electron chi connectivity index (χ0n) is 8.16. The second-order valence-corrected chi connectivity index (χ2v) is 3.64. The summed E-state index contributed by atoms with van der Waals surface area (Å²) in [4.78, 5) is 10.3. The van der Waals surface area contributed by atoms with Crippen molar-refractivity contribution in [2.24, 2.45) is 5.92 Å². The molecular formula is C11H16O2. The van der Waals surface area contributed by atoms with Gasteiger partial charge in [0.05, 0.1) is 6.10 Å². The van der Waals surface area contributed by atoms with Crippen molar-refractivity contribution in [3.05, 3.63) is 23.3 Å². The summed E-state index contributed by atoms with van der Waals surface area (Å²) in [5.74, 6) is 0.207. The molecule has 0 aromatic rings. The normalized spacial score (nSPS) is 29.8. The van der Waals surface area contributed by atoms with Crippen LogP contribution in [-0.2, 0) is 4.79 Å². The minimum absolute atomic E-state index is 0.207. The topological polar surface area (TPSA) is 37.3 Å². The van der Waals surface area contributed by atoms with Crippen LogP contribution in [0.3, 0.4) is 0 Å². The predicted molar refractivity (Wildman–Crippen MR) is 52.3 cm³/mol. The molecule has 0 fully saturated rings. The summed E-state index contributed by atoms with van der Waals surface area (Å²) >= 11 is 0. The standard InChI is InChI=1S/C11H16O2/c1-8(5-6-12)10-3-4-11(13)9(2)7-10/h5-7,9,11,13H,3-4H2,1-2H3. The van der Waals surface area contributed by atoms with E-state index in [9.17, 15) is 9.90 Å². The number of carbonyl (C=O) groups is 1. The first kappa shape index (κ1) is 10.2. The molecule has 1 aliphatic carbocycles. The van der Waals surface area contributed by atoms with Crippen molar-refractivity contribution in [3.8, 4) is 0 Å². The first-order chi connectivity index (χ1) is 6.15. The van der Waals surface area contributed by atoms with Gasteiger partial charge in [-0.2, -0.15) is 0 Å². The molecule has 0 aliphatic heterocycles. The van der Waals surface area contributed by atoms with Crippen molar-refractivity contribution in [1.82, 2.24) is 0 Å². The van der Waals surface area contributed by atoms with Gasteiger partial charge in [0.1, 0.15) is 6.29 Å². The van der Waals surface area contributed by atoms with Crippen molar-refractivity contribution < 1.29 is 9.90 Å². The molecule has 2 heteroatoms. The van der Waals surface area contributed by atoms with E-state index in [4.69, 9.17) is 0 Å². The Labute approximate surface area is 79.0 Å². The van der Waals surface area contributed by atoms with Crippen molar-refractivity contribution in [2.75, 3.05) is 0 Å². The molecule has 1 rings (SSSR count). The molecule has 0 amide bonds. The Morgan fingerprint density at radius 2 is 2.38 bits per heavy atom. The number of hydrogen-bond donors (Lipinski definition) is 1. The summed E-state index contributed by atoms with van der Waals surface area (Å²) in [6.45, 7) is 3.93. The number of aliphatic hydroxyl groups is 1. The molecule has 2 unspecified atom stereocenters. The highest BCUT2D eigenvalue weighted by Crippen LogP contribution is 2.27. The van der Waals surface area contributed by atoms with Crippen LogP contribution in [0.25, 0.3) is 0 Å². The summed E-state index contributed by atoms with van der Waals surface area (Å²) in [6.07, 6.45) is 5.91. The maximum atomic E-state index is 10.3. The number of allylic oxidation sites excluding steroid dienone is 3. The second kappa shape index (κ2) is 4.38. The summed E-state index contributed by atoms with van der Waals surface area (Å²) in [7, 11) is 0. The van der Waals surface area contributed by atoms with Gasteiger partial charge in [-0.3, -0.25) is 4.79 Å². The van der Waals surface area contributed by atoms with Crippen LogP contribution in [0.2, 0.25) is 0 Å². The highest BCUT2D eigenvalue weighted by atomic mass is 16.3. The van der Waals surface area contributed by atoms with Gasteiger partial charge in [0, 0.05) is 5.92 Å². The minimum atomic E-state index is -0.215. The summed E-state index contributed by atoms with van der Waals surface area (Å²) < 4.78 is 0. The fourth-order valence-corrected chi connectivity index (χ4v) is 1.62. The molecule has 0 radical (unpaired) electrons. The van der Waals surface area contributed by atoms with Crippen molar-refractivity contribution in [2.45, 2.75) is 32.8 Å². The summed E-state index contributed by atoms with van der Waals surface area (Å²) in [6, 6.07) is 0. The van der Waals surface area contributed by atoms with Crippen LogP contribution >= 0.6 is 0 Å². The van der Waals surface area contributed by atoms with Crippen LogP contribution in [0.4, 0.5) is 0 Å². The highest BCUT2D eigenvalue weighted by molar-refractivity contribution is 5.67. The molecule has 0 aromatic carbocycles. The number of aldehydes is 1. The Morgan fingerprint density at radius 1 is 1.69 bits per heavy atom. The maximum absolute atomic E-state index is 10.3. The third kappa shape index (κ3) is 2.52. The molecule has 0 bridgehead atoms. The van der Waals surface area contributed by atoms with Crippen LogP contribution in [0.15, 0.2) is 23.3 Å². The van der Waals surface area contributed by atoms with E-state index in [-0.39, 0.29) is 12.0 Å². The molecule has 13 heavy (non-hydrogen) atoms. The average molecular weight is 180 g/mol. The highest BCUT2D eigenvalue weighted by Gasteiger charge is 2.18. The van der Waals surface area contributed by atoms with Crippen molar-refractivity contribution >= 4 is 6.29 Å². The molecule has 2 nitrogen and oxygen atoms in total. The van der Waals surface area contributed by atoms with E-state index in [0.29, 0.717) is 0 Å². The third-order valence-electron chi connectivity index (χ3n) is 2.60. The van der Waals surface area contributed by atoms with E-state index in [2.05, 4.69) is 6.08 Å². The monoisotopic (exact) mass is 180 g/mol. The molecule has 72 valence electrons. The molecule has 0 heterocycles. The first-order valence-corrected chi connectivity index (χ1v) is 4.66. The lowest BCUT2D eigenvalue weighted by Gasteiger charge is -2.23. The SMILES string of the molecule is CC(=CC=O)C1=CC(C)C(O)CC1. The van der Waals surface area contributed by atoms with Crippen molar-refractivity contribution in [3.63, 3.8) is 0 Å². The minimum Gasteiger partial charge on any atom is -0.393 e. The molecule has 2 atom stereocenters. The largest absolute Gasteiger partial charge is 0.393 e. The zero-order valence-corrected chi connectivity index (χ0v) is 8.16. The van der Waals surface area contributed by atoms with Crippen LogP contribution in [0.1, 0.15) is 26.7 Å². The molecule has 0 aromatic heterocycles. The Bertz CT molecular complexity index is 251. The molecule has 0 saturated heterocycles. The van der Waals surface area contributed by atoms with E-state index < -0.39 is 0 Å². The average Bonchev–Trinajstić information content (AvgIpc) is 2.10. The lowest BCUT2D eigenvalue weighted by molar-refractivity contribution is -0.104. The van der Waals surface area contributed by atoms with Crippen LogP contribution in [0.5, 0.6) is 0 Å². The molecule has 1 aliphatic rings. The van der Waals surface area contributed by atoms with Crippen molar-refractivity contribution in [1.29, 1.82) is 0 Å². The smallest absolute Gasteiger partial charge is 0.143 e. The fraction of sp³-hybridized carbons (Fsp3) is 0.545. The first-order valence-electron chi connectivity index (χ1n) is 4.66. The Balaban J connectivity index is 2.77. The van der Waals surface area contributed by atoms with E-state index in [1.807, 2.05) is 13.8 Å². The van der Waals surface area contributed by atoms with E-state index >= 15 is 0 Å². The second-order valence-electron chi connectivity index (χ2n) is 3.64. The van der Waals surface area contributed by atoms with Gasteiger partial charge in [0.15, 0.2) is 0 Å². The summed E-state index contributed by atoms with van der Waals surface area (Å²) in [5.41, 5.74) is 2.22. The summed E-state index contributed by atoms with van der Waals surface area (Å²) in [5, 5.41) is 9.47. The lowest BCUT2D eigenvalue weighted by Crippen LogP contribution is -2.20. The maximum Gasteiger partial charge on any atom is 0.143 e. The van der Waals surface area contributed by atoms with Crippen LogP contribution in [-0.4, -0.2) is 17.5 Å². The number of hydrogen-bond acceptors (Lipinski definition) is 2. The van der Waals surface area contributed by atoms with Gasteiger partial charge in [-0.25, -0.2) is 0 Å². The fourth-order valence-electron chi connectivity index (χ4n) is 1.62. The van der Waals surface area contributed by atoms with Gasteiger partial charge in [-0.1, -0.05) is 13.0 Å². The Hall–Kier alpha value is -0.890. The van der Waals surface area contributed by atoms with Crippen LogP contribution < -0.4 is 0 Å². The third-order valence-corrected chi connectivity index (χ3v) is 2.60. The van der Waals surface area contributed by atoms with E-state index in [1.165, 1.54) is 5.57 Å². The molecule has 1 N–H and O–H groups in total. The van der Waals surface area contributed by atoms with Gasteiger partial charge in [0.25, 0.3) is 0 Å². The Morgan fingerprint density at radius 3 is 2.92 bits per heavy atom. The number of aliphatic hydroxyl groups excluding tert-OH is 1. The predicted octanol–water partition coefficient (Wildman–Crippen LogP) is 1.85. The zero-order chi connectivity index (χ0) is 9.84. The molecule has 0 saturated carbocycles. The van der Waals surface area contributed by atoms with Gasteiger partial charge >= 0.3 is 0 Å². The Kier molecular flexibility index (Phi) is 3.43. The van der Waals surface area contributed by atoms with Crippen LogP contribution in [0, 0.1) is 5.92 Å². The lowest BCUT2D eigenvalue weighted by atomic mass is 9.86. The van der Waals surface area contributed by atoms with Gasteiger partial charge < -0.3 is 5.11 Å². The van der Waals surface area contributed by atoms with E-state index in [1.54, 1.807) is 6.08 Å². The van der Waals surface area contributed by atoms with E-state index in [0.717, 1.165) is 24.7 Å². The molecule has 0 spiro atoms. The quantitative estimate of drug-likeness (QED) is 0.520. The van der Waals surface area contributed by atoms with Gasteiger partial charge in [-0.15, -0.1) is 0 Å². The van der Waals surface area contributed by atoms with Gasteiger partial charge in [0.2, 0.25) is 0 Å². The van der Waals surface area contributed by atoms with Gasteiger partial charge in [-0.05, 0) is 37.0 Å².